The number of methoxy groups -OCH3 is 3. The SMILES string of the molecule is COc1cc(C=C2C(=N)N3N=C(CCC4CCCCC4)SC3=NC2=O)cc(OC)c1OC. The van der Waals surface area contributed by atoms with Crippen LogP contribution in [0.4, 0.5) is 0 Å². The van der Waals surface area contributed by atoms with Crippen molar-refractivity contribution in [1.82, 2.24) is 5.01 Å². The maximum Gasteiger partial charge on any atom is 0.283 e. The molecule has 1 saturated carbocycles. The number of ether oxygens (including phenoxy) is 3. The van der Waals surface area contributed by atoms with Crippen LogP contribution in [0.5, 0.6) is 17.2 Å². The zero-order valence-corrected chi connectivity index (χ0v) is 19.5. The summed E-state index contributed by atoms with van der Waals surface area (Å²) in [7, 11) is 4.59. The minimum Gasteiger partial charge on any atom is -0.493 e. The quantitative estimate of drug-likeness (QED) is 0.598. The molecule has 0 atom stereocenters. The molecule has 3 aliphatic rings. The Morgan fingerprint density at radius 1 is 1.12 bits per heavy atom. The van der Waals surface area contributed by atoms with Gasteiger partial charge in [-0.3, -0.25) is 10.2 Å². The number of nitrogens with zero attached hydrogens (tertiary/aromatic N) is 3. The first kappa shape index (κ1) is 22.4. The van der Waals surface area contributed by atoms with Crippen molar-refractivity contribution in [3.63, 3.8) is 0 Å². The highest BCUT2D eigenvalue weighted by Crippen LogP contribution is 2.39. The van der Waals surface area contributed by atoms with Crippen molar-refractivity contribution in [1.29, 1.82) is 5.41 Å². The van der Waals surface area contributed by atoms with Crippen LogP contribution in [0.2, 0.25) is 0 Å². The van der Waals surface area contributed by atoms with E-state index in [4.69, 9.17) is 19.6 Å². The van der Waals surface area contributed by atoms with Gasteiger partial charge < -0.3 is 14.2 Å². The summed E-state index contributed by atoms with van der Waals surface area (Å²) in [6, 6.07) is 3.46. The molecular weight excluding hydrogens is 428 g/mol. The van der Waals surface area contributed by atoms with Gasteiger partial charge in [0.25, 0.3) is 5.91 Å². The van der Waals surface area contributed by atoms with Crippen molar-refractivity contribution < 1.29 is 19.0 Å². The summed E-state index contributed by atoms with van der Waals surface area (Å²) in [5.74, 6) is 1.73. The number of aliphatic imine (C=N–C) groups is 1. The number of hydrogen-bond donors (Lipinski definition) is 1. The summed E-state index contributed by atoms with van der Waals surface area (Å²) in [6.07, 6.45) is 10.1. The van der Waals surface area contributed by atoms with Crippen LogP contribution in [-0.4, -0.2) is 48.3 Å². The van der Waals surface area contributed by atoms with Crippen LogP contribution < -0.4 is 14.2 Å². The fraction of sp³-hybridized carbons (Fsp3) is 0.478. The van der Waals surface area contributed by atoms with Crippen LogP contribution in [0, 0.1) is 11.3 Å². The van der Waals surface area contributed by atoms with Gasteiger partial charge in [-0.2, -0.15) is 15.1 Å². The Morgan fingerprint density at radius 2 is 1.81 bits per heavy atom. The van der Waals surface area contributed by atoms with Gasteiger partial charge in [0.1, 0.15) is 5.04 Å². The number of rotatable bonds is 7. The maximum atomic E-state index is 12.7. The van der Waals surface area contributed by atoms with E-state index in [1.165, 1.54) is 70.2 Å². The summed E-state index contributed by atoms with van der Waals surface area (Å²) in [5.41, 5.74) is 0.806. The maximum absolute atomic E-state index is 12.7. The Morgan fingerprint density at radius 3 is 2.44 bits per heavy atom. The zero-order chi connectivity index (χ0) is 22.7. The highest BCUT2D eigenvalue weighted by molar-refractivity contribution is 8.26. The number of carbonyl (C=O) groups excluding carboxylic acids is 1. The van der Waals surface area contributed by atoms with Crippen LogP contribution in [0.25, 0.3) is 6.08 Å². The molecule has 1 aliphatic carbocycles. The van der Waals surface area contributed by atoms with E-state index in [0.717, 1.165) is 23.8 Å². The molecule has 32 heavy (non-hydrogen) atoms. The number of nitrogens with one attached hydrogen (secondary N) is 1. The number of thioether (sulfide) groups is 1. The monoisotopic (exact) mass is 456 g/mol. The molecule has 1 fully saturated rings. The second-order valence-corrected chi connectivity index (χ2v) is 9.06. The predicted octanol–water partition coefficient (Wildman–Crippen LogP) is 4.69. The molecule has 9 heteroatoms. The molecule has 0 radical (unpaired) electrons. The fourth-order valence-electron chi connectivity index (χ4n) is 4.29. The topological polar surface area (TPSA) is 96.6 Å². The lowest BCUT2D eigenvalue weighted by atomic mass is 9.86. The Bertz CT molecular complexity index is 986. The predicted molar refractivity (Wildman–Crippen MR) is 127 cm³/mol. The summed E-state index contributed by atoms with van der Waals surface area (Å²) in [6.45, 7) is 0. The number of hydrogen-bond acceptors (Lipinski definition) is 7. The van der Waals surface area contributed by atoms with Gasteiger partial charge in [0.2, 0.25) is 10.9 Å². The standard InChI is InChI=1S/C23H28N4O4S/c1-29-17-12-15(13-18(30-2)20(17)31-3)11-16-21(24)27-23(25-22(16)28)32-19(26-27)10-9-14-7-5-4-6-8-14/h11-14,24H,4-10H2,1-3H3. The molecule has 4 rings (SSSR count). The average Bonchev–Trinajstić information content (AvgIpc) is 3.23. The Hall–Kier alpha value is -2.81. The van der Waals surface area contributed by atoms with Crippen molar-refractivity contribution in [2.45, 2.75) is 44.9 Å². The molecular formula is C23H28N4O4S. The smallest absolute Gasteiger partial charge is 0.283 e. The Balaban J connectivity index is 1.55. The van der Waals surface area contributed by atoms with Gasteiger partial charge in [-0.05, 0) is 54.3 Å². The highest BCUT2D eigenvalue weighted by Gasteiger charge is 2.35. The van der Waals surface area contributed by atoms with Crippen LogP contribution in [0.1, 0.15) is 50.5 Å². The molecule has 2 aliphatic heterocycles. The fourth-order valence-corrected chi connectivity index (χ4v) is 5.19. The van der Waals surface area contributed by atoms with E-state index in [9.17, 15) is 4.79 Å². The molecule has 0 aromatic heterocycles. The average molecular weight is 457 g/mol. The van der Waals surface area contributed by atoms with E-state index in [1.807, 2.05) is 0 Å². The van der Waals surface area contributed by atoms with E-state index in [0.29, 0.717) is 28.0 Å². The van der Waals surface area contributed by atoms with E-state index in [-0.39, 0.29) is 11.4 Å². The highest BCUT2D eigenvalue weighted by atomic mass is 32.2. The van der Waals surface area contributed by atoms with Gasteiger partial charge in [-0.1, -0.05) is 32.1 Å². The van der Waals surface area contributed by atoms with Gasteiger partial charge in [0.05, 0.1) is 26.9 Å². The summed E-state index contributed by atoms with van der Waals surface area (Å²) < 4.78 is 16.1. The minimum absolute atomic E-state index is 0.0221. The molecule has 1 N–H and O–H groups in total. The van der Waals surface area contributed by atoms with E-state index >= 15 is 0 Å². The number of amides is 1. The molecule has 0 saturated heterocycles. The van der Waals surface area contributed by atoms with Gasteiger partial charge in [-0.25, -0.2) is 0 Å². The number of carbonyl (C=O) groups is 1. The molecule has 8 nitrogen and oxygen atoms in total. The van der Waals surface area contributed by atoms with Crippen molar-refractivity contribution in [3.05, 3.63) is 23.3 Å². The molecule has 170 valence electrons. The number of fused-ring (bicyclic) bond motifs is 1. The summed E-state index contributed by atoms with van der Waals surface area (Å²) >= 11 is 1.40. The van der Waals surface area contributed by atoms with E-state index in [2.05, 4.69) is 10.1 Å². The summed E-state index contributed by atoms with van der Waals surface area (Å²) in [4.78, 5) is 16.9. The van der Waals surface area contributed by atoms with Crippen LogP contribution >= 0.6 is 11.8 Å². The second kappa shape index (κ2) is 9.77. The molecule has 1 aromatic carbocycles. The number of hydrazone groups is 1. The van der Waals surface area contributed by atoms with Crippen molar-refractivity contribution in [2.24, 2.45) is 16.0 Å². The van der Waals surface area contributed by atoms with Crippen molar-refractivity contribution >= 4 is 39.8 Å². The molecule has 0 unspecified atom stereocenters. The number of benzene rings is 1. The Kier molecular flexibility index (Phi) is 6.83. The largest absolute Gasteiger partial charge is 0.493 e. The third-order valence-electron chi connectivity index (χ3n) is 5.99. The van der Waals surface area contributed by atoms with Gasteiger partial charge >= 0.3 is 0 Å². The normalized spacial score (nSPS) is 20.2. The minimum atomic E-state index is -0.453. The van der Waals surface area contributed by atoms with Crippen LogP contribution in [0.15, 0.2) is 27.8 Å². The van der Waals surface area contributed by atoms with Crippen LogP contribution in [0.3, 0.4) is 0 Å². The molecule has 0 bridgehead atoms. The zero-order valence-electron chi connectivity index (χ0n) is 18.6. The third-order valence-corrected chi connectivity index (χ3v) is 6.95. The number of amidine groups is 2. The van der Waals surface area contributed by atoms with E-state index in [1.54, 1.807) is 18.2 Å². The van der Waals surface area contributed by atoms with Crippen molar-refractivity contribution in [3.8, 4) is 17.2 Å². The Labute approximate surface area is 192 Å². The first-order valence-electron chi connectivity index (χ1n) is 10.8. The van der Waals surface area contributed by atoms with Crippen molar-refractivity contribution in [2.75, 3.05) is 21.3 Å². The molecule has 0 spiro atoms. The first-order valence-corrected chi connectivity index (χ1v) is 11.6. The van der Waals surface area contributed by atoms with Gasteiger partial charge in [-0.15, -0.1) is 0 Å². The lowest BCUT2D eigenvalue weighted by molar-refractivity contribution is -0.114. The lowest BCUT2D eigenvalue weighted by Gasteiger charge is -2.20. The van der Waals surface area contributed by atoms with Crippen LogP contribution in [-0.2, 0) is 4.79 Å². The third kappa shape index (κ3) is 4.53. The molecule has 2 heterocycles. The first-order chi connectivity index (χ1) is 15.5. The second-order valence-electron chi connectivity index (χ2n) is 8.02. The lowest BCUT2D eigenvalue weighted by Crippen LogP contribution is -2.35. The van der Waals surface area contributed by atoms with E-state index < -0.39 is 5.91 Å². The molecule has 1 aromatic rings. The van der Waals surface area contributed by atoms with Gasteiger partial charge in [0.15, 0.2) is 17.3 Å². The molecule has 1 amide bonds. The van der Waals surface area contributed by atoms with Gasteiger partial charge in [0, 0.05) is 0 Å². The summed E-state index contributed by atoms with van der Waals surface area (Å²) in [5, 5.41) is 16.0.